The lowest BCUT2D eigenvalue weighted by molar-refractivity contribution is -0.116. The number of rotatable bonds is 5. The van der Waals surface area contributed by atoms with Gasteiger partial charge in [-0.05, 0) is 30.2 Å². The SMILES string of the molecule is Cn1cc(CCC(=O)Nc2nc(-c3ccc4c(c3)OCO4)cs2)cn1. The highest BCUT2D eigenvalue weighted by atomic mass is 32.1. The molecule has 0 radical (unpaired) electrons. The Morgan fingerprint density at radius 2 is 2.24 bits per heavy atom. The molecule has 0 saturated carbocycles. The number of carbonyl (C=O) groups excluding carboxylic acids is 1. The molecular weight excluding hydrogens is 340 g/mol. The Hall–Kier alpha value is -2.87. The Kier molecular flexibility index (Phi) is 4.10. The van der Waals surface area contributed by atoms with E-state index < -0.39 is 0 Å². The number of aromatic nitrogens is 3. The van der Waals surface area contributed by atoms with Crippen molar-refractivity contribution in [2.45, 2.75) is 12.8 Å². The summed E-state index contributed by atoms with van der Waals surface area (Å²) in [5.41, 5.74) is 2.76. The first kappa shape index (κ1) is 15.6. The van der Waals surface area contributed by atoms with E-state index in [1.165, 1.54) is 11.3 Å². The minimum absolute atomic E-state index is 0.0598. The Morgan fingerprint density at radius 3 is 3.08 bits per heavy atom. The lowest BCUT2D eigenvalue weighted by atomic mass is 10.1. The maximum atomic E-state index is 12.1. The van der Waals surface area contributed by atoms with E-state index in [9.17, 15) is 4.79 Å². The topological polar surface area (TPSA) is 78.3 Å². The lowest BCUT2D eigenvalue weighted by Gasteiger charge is -2.01. The van der Waals surface area contributed by atoms with Crippen molar-refractivity contribution in [3.63, 3.8) is 0 Å². The molecule has 0 fully saturated rings. The molecule has 0 bridgehead atoms. The summed E-state index contributed by atoms with van der Waals surface area (Å²) in [7, 11) is 1.86. The van der Waals surface area contributed by atoms with Crippen molar-refractivity contribution >= 4 is 22.4 Å². The highest BCUT2D eigenvalue weighted by Crippen LogP contribution is 2.36. The van der Waals surface area contributed by atoms with E-state index in [0.29, 0.717) is 23.7 Å². The van der Waals surface area contributed by atoms with Crippen LogP contribution < -0.4 is 14.8 Å². The van der Waals surface area contributed by atoms with E-state index in [1.54, 1.807) is 10.9 Å². The standard InChI is InChI=1S/C17H16N4O3S/c1-21-8-11(7-18-21)2-5-16(22)20-17-19-13(9-25-17)12-3-4-14-15(6-12)24-10-23-14/h3-4,6-9H,2,5,10H2,1H3,(H,19,20,22). The van der Waals surface area contributed by atoms with Gasteiger partial charge in [0.25, 0.3) is 0 Å². The summed E-state index contributed by atoms with van der Waals surface area (Å²) in [6, 6.07) is 5.69. The first-order valence-electron chi connectivity index (χ1n) is 7.80. The van der Waals surface area contributed by atoms with Crippen molar-refractivity contribution in [2.24, 2.45) is 7.05 Å². The van der Waals surface area contributed by atoms with Gasteiger partial charge in [0.2, 0.25) is 12.7 Å². The van der Waals surface area contributed by atoms with Crippen molar-refractivity contribution in [3.05, 3.63) is 41.5 Å². The smallest absolute Gasteiger partial charge is 0.231 e. The third-order valence-electron chi connectivity index (χ3n) is 3.82. The van der Waals surface area contributed by atoms with Gasteiger partial charge in [0.15, 0.2) is 16.6 Å². The number of carbonyl (C=O) groups is 1. The zero-order valence-corrected chi connectivity index (χ0v) is 14.4. The molecule has 1 aromatic carbocycles. The molecule has 0 aliphatic carbocycles. The maximum Gasteiger partial charge on any atom is 0.231 e. The monoisotopic (exact) mass is 356 g/mol. The van der Waals surface area contributed by atoms with Crippen LogP contribution in [0.2, 0.25) is 0 Å². The fraction of sp³-hybridized carbons (Fsp3) is 0.235. The van der Waals surface area contributed by atoms with Crippen LogP contribution in [-0.4, -0.2) is 27.5 Å². The third kappa shape index (κ3) is 3.48. The highest BCUT2D eigenvalue weighted by Gasteiger charge is 2.15. The lowest BCUT2D eigenvalue weighted by Crippen LogP contribution is -2.12. The number of amides is 1. The van der Waals surface area contributed by atoms with Crippen LogP contribution in [0.5, 0.6) is 11.5 Å². The average Bonchev–Trinajstić information content (AvgIpc) is 3.32. The number of nitrogens with zero attached hydrogens (tertiary/aromatic N) is 3. The second-order valence-electron chi connectivity index (χ2n) is 5.68. The highest BCUT2D eigenvalue weighted by molar-refractivity contribution is 7.14. The van der Waals surface area contributed by atoms with Crippen molar-refractivity contribution in [1.82, 2.24) is 14.8 Å². The molecule has 8 heteroatoms. The van der Waals surface area contributed by atoms with Crippen LogP contribution in [0, 0.1) is 0 Å². The van der Waals surface area contributed by atoms with Gasteiger partial charge in [0.1, 0.15) is 0 Å². The molecule has 1 aliphatic rings. The Morgan fingerprint density at radius 1 is 1.36 bits per heavy atom. The van der Waals surface area contributed by atoms with Crippen molar-refractivity contribution in [1.29, 1.82) is 0 Å². The molecule has 0 spiro atoms. The number of ether oxygens (including phenoxy) is 2. The summed E-state index contributed by atoms with van der Waals surface area (Å²) < 4.78 is 12.4. The number of benzene rings is 1. The maximum absolute atomic E-state index is 12.1. The van der Waals surface area contributed by atoms with Gasteiger partial charge < -0.3 is 14.8 Å². The van der Waals surface area contributed by atoms with Crippen molar-refractivity contribution < 1.29 is 14.3 Å². The van der Waals surface area contributed by atoms with Gasteiger partial charge in [-0.2, -0.15) is 5.10 Å². The molecule has 1 amide bonds. The van der Waals surface area contributed by atoms with E-state index in [1.807, 2.05) is 36.8 Å². The van der Waals surface area contributed by atoms with Gasteiger partial charge in [0, 0.05) is 30.6 Å². The normalized spacial score (nSPS) is 12.4. The second kappa shape index (κ2) is 6.56. The summed E-state index contributed by atoms with van der Waals surface area (Å²) in [6.07, 6.45) is 4.73. The summed E-state index contributed by atoms with van der Waals surface area (Å²) in [4.78, 5) is 16.6. The molecule has 2 aromatic heterocycles. The van der Waals surface area contributed by atoms with E-state index in [-0.39, 0.29) is 12.7 Å². The predicted octanol–water partition coefficient (Wildman–Crippen LogP) is 2.84. The minimum atomic E-state index is -0.0598. The number of thiazole rings is 1. The predicted molar refractivity (Wildman–Crippen MR) is 93.8 cm³/mol. The van der Waals surface area contributed by atoms with Gasteiger partial charge >= 0.3 is 0 Å². The fourth-order valence-electron chi connectivity index (χ4n) is 2.56. The molecule has 4 rings (SSSR count). The summed E-state index contributed by atoms with van der Waals surface area (Å²) >= 11 is 1.40. The fourth-order valence-corrected chi connectivity index (χ4v) is 3.30. The molecule has 3 heterocycles. The number of nitrogens with one attached hydrogen (secondary N) is 1. The second-order valence-corrected chi connectivity index (χ2v) is 6.53. The molecule has 3 aromatic rings. The number of hydrogen-bond donors (Lipinski definition) is 1. The van der Waals surface area contributed by atoms with Crippen LogP contribution >= 0.6 is 11.3 Å². The number of aryl methyl sites for hydroxylation is 2. The van der Waals surface area contributed by atoms with E-state index in [0.717, 1.165) is 22.6 Å². The van der Waals surface area contributed by atoms with Gasteiger partial charge in [-0.15, -0.1) is 11.3 Å². The molecule has 0 unspecified atom stereocenters. The molecule has 25 heavy (non-hydrogen) atoms. The van der Waals surface area contributed by atoms with Crippen LogP contribution in [0.15, 0.2) is 36.0 Å². The average molecular weight is 356 g/mol. The van der Waals surface area contributed by atoms with E-state index in [2.05, 4.69) is 15.4 Å². The minimum Gasteiger partial charge on any atom is -0.454 e. The Labute approximate surface area is 148 Å². The summed E-state index contributed by atoms with van der Waals surface area (Å²) in [5.74, 6) is 1.39. The van der Waals surface area contributed by atoms with Crippen molar-refractivity contribution in [3.8, 4) is 22.8 Å². The Bertz CT molecular complexity index is 918. The van der Waals surface area contributed by atoms with Gasteiger partial charge in [0.05, 0.1) is 11.9 Å². The quantitative estimate of drug-likeness (QED) is 0.760. The van der Waals surface area contributed by atoms with E-state index >= 15 is 0 Å². The molecule has 1 aliphatic heterocycles. The van der Waals surface area contributed by atoms with Gasteiger partial charge in [-0.3, -0.25) is 9.48 Å². The summed E-state index contributed by atoms with van der Waals surface area (Å²) in [5, 5.41) is 9.44. The van der Waals surface area contributed by atoms with Gasteiger partial charge in [-0.25, -0.2) is 4.98 Å². The molecule has 7 nitrogen and oxygen atoms in total. The van der Waals surface area contributed by atoms with Crippen LogP contribution in [0.25, 0.3) is 11.3 Å². The van der Waals surface area contributed by atoms with Crippen molar-refractivity contribution in [2.75, 3.05) is 12.1 Å². The van der Waals surface area contributed by atoms with Crippen LogP contribution in [0.4, 0.5) is 5.13 Å². The van der Waals surface area contributed by atoms with E-state index in [4.69, 9.17) is 9.47 Å². The number of anilines is 1. The number of hydrogen-bond acceptors (Lipinski definition) is 6. The van der Waals surface area contributed by atoms with Crippen LogP contribution in [-0.2, 0) is 18.3 Å². The molecular formula is C17H16N4O3S. The van der Waals surface area contributed by atoms with Gasteiger partial charge in [-0.1, -0.05) is 0 Å². The summed E-state index contributed by atoms with van der Waals surface area (Å²) in [6.45, 7) is 0.244. The first-order valence-corrected chi connectivity index (χ1v) is 8.68. The number of fused-ring (bicyclic) bond motifs is 1. The molecule has 1 N–H and O–H groups in total. The van der Waals surface area contributed by atoms with Crippen LogP contribution in [0.3, 0.4) is 0 Å². The molecule has 0 saturated heterocycles. The molecule has 128 valence electrons. The zero-order chi connectivity index (χ0) is 17.2. The zero-order valence-electron chi connectivity index (χ0n) is 13.6. The van der Waals surface area contributed by atoms with Crippen LogP contribution in [0.1, 0.15) is 12.0 Å². The Balaban J connectivity index is 1.38. The third-order valence-corrected chi connectivity index (χ3v) is 4.58. The largest absolute Gasteiger partial charge is 0.454 e. The molecule has 0 atom stereocenters. The first-order chi connectivity index (χ1) is 12.2.